The Morgan fingerprint density at radius 2 is 2.12 bits per heavy atom. The maximum Gasteiger partial charge on any atom is 0.248 e. The van der Waals surface area contributed by atoms with E-state index in [4.69, 9.17) is 5.73 Å². The number of halogens is 2. The molecule has 2 atom stereocenters. The van der Waals surface area contributed by atoms with Gasteiger partial charge in [-0.05, 0) is 43.6 Å². The zero-order valence-electron chi connectivity index (χ0n) is 9.89. The monoisotopic (exact) mass is 229 g/mol. The summed E-state index contributed by atoms with van der Waals surface area (Å²) in [6.07, 6.45) is 5.51. The van der Waals surface area contributed by atoms with Crippen LogP contribution in [0.1, 0.15) is 39.0 Å². The Kier molecular flexibility index (Phi) is 3.34. The van der Waals surface area contributed by atoms with Crippen LogP contribution in [0, 0.1) is 17.8 Å². The molecule has 92 valence electrons. The van der Waals surface area contributed by atoms with Crippen molar-refractivity contribution >= 4 is 0 Å². The summed E-state index contributed by atoms with van der Waals surface area (Å²) >= 11 is 0. The third kappa shape index (κ3) is 2.62. The number of allylic oxidation sites excluding steroid dienone is 2. The van der Waals surface area contributed by atoms with Crippen molar-refractivity contribution in [1.29, 1.82) is 0 Å². The first-order chi connectivity index (χ1) is 7.50. The summed E-state index contributed by atoms with van der Waals surface area (Å²) in [5.41, 5.74) is 6.96. The van der Waals surface area contributed by atoms with E-state index in [9.17, 15) is 8.78 Å². The van der Waals surface area contributed by atoms with Gasteiger partial charge in [-0.15, -0.1) is 0 Å². The fourth-order valence-electron chi connectivity index (χ4n) is 3.13. The summed E-state index contributed by atoms with van der Waals surface area (Å²) in [4.78, 5) is 0. The number of nitrogens with two attached hydrogens (primary N) is 1. The highest BCUT2D eigenvalue weighted by Gasteiger charge is 2.45. The Labute approximate surface area is 96.1 Å². The first kappa shape index (κ1) is 12.0. The molecular weight excluding hydrogens is 208 g/mol. The predicted octanol–water partition coefficient (Wildman–Crippen LogP) is 3.35. The Morgan fingerprint density at radius 3 is 2.69 bits per heavy atom. The maximum absolute atomic E-state index is 12.7. The second-order valence-corrected chi connectivity index (χ2v) is 5.56. The average molecular weight is 229 g/mol. The molecule has 0 aromatic rings. The van der Waals surface area contributed by atoms with Gasteiger partial charge in [-0.1, -0.05) is 18.6 Å². The van der Waals surface area contributed by atoms with E-state index >= 15 is 0 Å². The molecule has 0 amide bonds. The van der Waals surface area contributed by atoms with E-state index in [1.165, 1.54) is 5.57 Å². The molecule has 1 saturated carbocycles. The summed E-state index contributed by atoms with van der Waals surface area (Å²) in [5.74, 6) is -0.906. The van der Waals surface area contributed by atoms with E-state index < -0.39 is 5.92 Å². The zero-order valence-corrected chi connectivity index (χ0v) is 9.89. The largest absolute Gasteiger partial charge is 0.330 e. The first-order valence-corrected chi connectivity index (χ1v) is 6.27. The van der Waals surface area contributed by atoms with Crippen molar-refractivity contribution < 1.29 is 8.78 Å². The molecule has 1 nitrogen and oxygen atoms in total. The lowest BCUT2D eigenvalue weighted by atomic mass is 9.77. The molecule has 2 aliphatic carbocycles. The minimum atomic E-state index is -2.37. The van der Waals surface area contributed by atoms with Gasteiger partial charge in [0.05, 0.1) is 0 Å². The molecule has 0 radical (unpaired) electrons. The maximum atomic E-state index is 12.7. The van der Waals surface area contributed by atoms with Crippen LogP contribution in [0.3, 0.4) is 0 Å². The quantitative estimate of drug-likeness (QED) is 0.735. The summed E-state index contributed by atoms with van der Waals surface area (Å²) in [6, 6.07) is 0. The molecule has 2 rings (SSSR count). The standard InChI is InChI=1S/C13H21F2N/c1-9-4-10(6-12(9)2-3-16)5-11-7-13(14,15)8-11/h4,9,11-12H,2-3,5-8,16H2,1H3. The van der Waals surface area contributed by atoms with Gasteiger partial charge >= 0.3 is 0 Å². The SMILES string of the molecule is CC1C=C(CC2CC(F)(F)C2)CC1CCN. The molecule has 2 N–H and O–H groups in total. The minimum Gasteiger partial charge on any atom is -0.330 e. The van der Waals surface area contributed by atoms with E-state index in [1.807, 2.05) is 0 Å². The fraction of sp³-hybridized carbons (Fsp3) is 0.846. The highest BCUT2D eigenvalue weighted by Crippen LogP contribution is 2.47. The molecular formula is C13H21F2N. The van der Waals surface area contributed by atoms with Crippen molar-refractivity contribution in [1.82, 2.24) is 0 Å². The Morgan fingerprint density at radius 1 is 1.44 bits per heavy atom. The van der Waals surface area contributed by atoms with Crippen LogP contribution in [-0.4, -0.2) is 12.5 Å². The van der Waals surface area contributed by atoms with E-state index in [1.54, 1.807) is 0 Å². The van der Waals surface area contributed by atoms with Crippen LogP contribution in [0.4, 0.5) is 8.78 Å². The lowest BCUT2D eigenvalue weighted by molar-refractivity contribution is -0.109. The zero-order chi connectivity index (χ0) is 11.8. The Balaban J connectivity index is 1.78. The van der Waals surface area contributed by atoms with Gasteiger partial charge in [0, 0.05) is 12.8 Å². The van der Waals surface area contributed by atoms with Gasteiger partial charge in [0.15, 0.2) is 0 Å². The molecule has 0 aromatic heterocycles. The van der Waals surface area contributed by atoms with Gasteiger partial charge in [0.1, 0.15) is 0 Å². The van der Waals surface area contributed by atoms with E-state index in [-0.39, 0.29) is 18.8 Å². The van der Waals surface area contributed by atoms with Crippen LogP contribution in [0.25, 0.3) is 0 Å². The van der Waals surface area contributed by atoms with Crippen LogP contribution < -0.4 is 5.73 Å². The summed E-state index contributed by atoms with van der Waals surface area (Å²) in [5, 5.41) is 0. The third-order valence-electron chi connectivity index (χ3n) is 4.03. The molecule has 0 aliphatic heterocycles. The minimum absolute atomic E-state index is 0.0975. The van der Waals surface area contributed by atoms with Gasteiger partial charge in [-0.3, -0.25) is 0 Å². The molecule has 0 spiro atoms. The molecule has 0 aromatic carbocycles. The summed E-state index contributed by atoms with van der Waals surface area (Å²) < 4.78 is 25.4. The van der Waals surface area contributed by atoms with Crippen LogP contribution in [0.5, 0.6) is 0 Å². The fourth-order valence-corrected chi connectivity index (χ4v) is 3.13. The molecule has 1 fully saturated rings. The van der Waals surface area contributed by atoms with Crippen molar-refractivity contribution in [3.8, 4) is 0 Å². The normalized spacial score (nSPS) is 33.6. The molecule has 2 aliphatic rings. The number of hydrogen-bond acceptors (Lipinski definition) is 1. The van der Waals surface area contributed by atoms with Crippen molar-refractivity contribution in [3.05, 3.63) is 11.6 Å². The van der Waals surface area contributed by atoms with Crippen LogP contribution in [0.2, 0.25) is 0 Å². The van der Waals surface area contributed by atoms with Crippen molar-refractivity contribution in [3.63, 3.8) is 0 Å². The number of alkyl halides is 2. The molecule has 0 saturated heterocycles. The van der Waals surface area contributed by atoms with Gasteiger partial charge in [-0.25, -0.2) is 8.78 Å². The topological polar surface area (TPSA) is 26.0 Å². The van der Waals surface area contributed by atoms with Crippen molar-refractivity contribution in [2.75, 3.05) is 6.54 Å². The first-order valence-electron chi connectivity index (χ1n) is 6.27. The third-order valence-corrected chi connectivity index (χ3v) is 4.03. The molecule has 2 unspecified atom stereocenters. The van der Waals surface area contributed by atoms with E-state index in [0.717, 1.165) is 25.8 Å². The van der Waals surface area contributed by atoms with Gasteiger partial charge in [0.2, 0.25) is 5.92 Å². The molecule has 3 heteroatoms. The smallest absolute Gasteiger partial charge is 0.248 e. The molecule has 0 heterocycles. The predicted molar refractivity (Wildman–Crippen MR) is 61.3 cm³/mol. The summed E-state index contributed by atoms with van der Waals surface area (Å²) in [6.45, 7) is 2.94. The second-order valence-electron chi connectivity index (χ2n) is 5.56. The van der Waals surface area contributed by atoms with Crippen molar-refractivity contribution in [2.45, 2.75) is 45.0 Å². The highest BCUT2D eigenvalue weighted by atomic mass is 19.3. The molecule has 16 heavy (non-hydrogen) atoms. The van der Waals surface area contributed by atoms with Gasteiger partial charge in [-0.2, -0.15) is 0 Å². The van der Waals surface area contributed by atoms with Gasteiger partial charge < -0.3 is 5.73 Å². The summed E-state index contributed by atoms with van der Waals surface area (Å²) in [7, 11) is 0. The lowest BCUT2D eigenvalue weighted by Gasteiger charge is -2.35. The Bertz CT molecular complexity index is 278. The van der Waals surface area contributed by atoms with Gasteiger partial charge in [0.25, 0.3) is 0 Å². The van der Waals surface area contributed by atoms with Crippen molar-refractivity contribution in [2.24, 2.45) is 23.5 Å². The number of hydrogen-bond donors (Lipinski definition) is 1. The van der Waals surface area contributed by atoms with Crippen LogP contribution in [-0.2, 0) is 0 Å². The molecule has 0 bridgehead atoms. The van der Waals surface area contributed by atoms with E-state index in [2.05, 4.69) is 13.0 Å². The lowest BCUT2D eigenvalue weighted by Crippen LogP contribution is -2.35. The average Bonchev–Trinajstić information content (AvgIpc) is 2.44. The van der Waals surface area contributed by atoms with Crippen LogP contribution in [0.15, 0.2) is 11.6 Å². The number of rotatable bonds is 4. The van der Waals surface area contributed by atoms with Crippen LogP contribution >= 0.6 is 0 Å². The second kappa shape index (κ2) is 4.44. The van der Waals surface area contributed by atoms with E-state index in [0.29, 0.717) is 11.8 Å². The Hall–Kier alpha value is -0.440. The highest BCUT2D eigenvalue weighted by molar-refractivity contribution is 5.15.